The van der Waals surface area contributed by atoms with Crippen molar-refractivity contribution >= 4 is 0 Å². The monoisotopic (exact) mass is 142 g/mol. The minimum absolute atomic E-state index is 0.164. The molecule has 1 aromatic rings. The molecule has 0 atom stereocenters. The Morgan fingerprint density at radius 1 is 1.70 bits per heavy atom. The number of aromatic nitrogens is 1. The quantitative estimate of drug-likeness (QED) is 0.597. The lowest BCUT2D eigenvalue weighted by atomic mass is 10.3. The van der Waals surface area contributed by atoms with Gasteiger partial charge in [-0.2, -0.15) is 5.48 Å². The van der Waals surface area contributed by atoms with Crippen LogP contribution in [0, 0.1) is 5.82 Å². The van der Waals surface area contributed by atoms with Crippen LogP contribution in [0.1, 0.15) is 5.69 Å². The second-order valence-corrected chi connectivity index (χ2v) is 1.80. The molecule has 0 saturated heterocycles. The lowest BCUT2D eigenvalue weighted by molar-refractivity contribution is 0.160. The van der Waals surface area contributed by atoms with Gasteiger partial charge in [-0.1, -0.05) is 0 Å². The van der Waals surface area contributed by atoms with Crippen molar-refractivity contribution in [3.63, 3.8) is 0 Å². The zero-order valence-corrected chi connectivity index (χ0v) is 5.21. The molecule has 0 fully saturated rings. The third kappa shape index (κ3) is 1.75. The van der Waals surface area contributed by atoms with Gasteiger partial charge in [0.25, 0.3) is 0 Å². The predicted molar refractivity (Wildman–Crippen MR) is 32.8 cm³/mol. The smallest absolute Gasteiger partial charge is 0.126 e. The molecule has 1 heterocycles. The summed E-state index contributed by atoms with van der Waals surface area (Å²) in [6.45, 7) is 0.164. The van der Waals surface area contributed by atoms with Gasteiger partial charge in [0.15, 0.2) is 0 Å². The number of hydrogen-bond donors (Lipinski definition) is 2. The summed E-state index contributed by atoms with van der Waals surface area (Å²) >= 11 is 0. The molecule has 2 N–H and O–H groups in total. The van der Waals surface area contributed by atoms with Crippen LogP contribution in [0.2, 0.25) is 0 Å². The maximum atomic E-state index is 12.3. The molecular weight excluding hydrogens is 135 g/mol. The summed E-state index contributed by atoms with van der Waals surface area (Å²) in [5.74, 6) is -0.347. The second kappa shape index (κ2) is 3.24. The molecule has 0 aliphatic carbocycles. The summed E-state index contributed by atoms with van der Waals surface area (Å²) in [6.07, 6.45) is 1.35. The topological polar surface area (TPSA) is 45.1 Å². The number of hydrogen-bond acceptors (Lipinski definition) is 3. The van der Waals surface area contributed by atoms with Gasteiger partial charge in [-0.05, 0) is 12.1 Å². The van der Waals surface area contributed by atoms with E-state index in [9.17, 15) is 4.39 Å². The van der Waals surface area contributed by atoms with E-state index in [-0.39, 0.29) is 12.4 Å². The molecule has 0 bridgehead atoms. The summed E-state index contributed by atoms with van der Waals surface area (Å²) in [4.78, 5) is 3.77. The molecule has 0 aliphatic heterocycles. The normalized spacial score (nSPS) is 9.80. The van der Waals surface area contributed by atoms with Gasteiger partial charge < -0.3 is 5.21 Å². The van der Waals surface area contributed by atoms with Crippen LogP contribution in [0.5, 0.6) is 0 Å². The van der Waals surface area contributed by atoms with E-state index in [1.807, 2.05) is 5.48 Å². The molecule has 0 aliphatic rings. The van der Waals surface area contributed by atoms with E-state index >= 15 is 0 Å². The Hall–Kier alpha value is -1.00. The lowest BCUT2D eigenvalue weighted by Gasteiger charge is -1.95. The van der Waals surface area contributed by atoms with Crippen molar-refractivity contribution in [2.24, 2.45) is 0 Å². The van der Waals surface area contributed by atoms with Gasteiger partial charge in [0.1, 0.15) is 5.82 Å². The van der Waals surface area contributed by atoms with Gasteiger partial charge in [-0.3, -0.25) is 4.98 Å². The van der Waals surface area contributed by atoms with Crippen molar-refractivity contribution in [2.75, 3.05) is 0 Å². The number of hydroxylamine groups is 1. The predicted octanol–water partition coefficient (Wildman–Crippen LogP) is 0.700. The van der Waals surface area contributed by atoms with Gasteiger partial charge >= 0.3 is 0 Å². The highest BCUT2D eigenvalue weighted by molar-refractivity contribution is 5.05. The van der Waals surface area contributed by atoms with Crippen LogP contribution in [0.4, 0.5) is 4.39 Å². The SMILES string of the molecule is ONCc1cc(F)ccn1. The minimum atomic E-state index is -0.347. The molecule has 1 rings (SSSR count). The zero-order chi connectivity index (χ0) is 7.40. The molecule has 0 radical (unpaired) electrons. The van der Waals surface area contributed by atoms with E-state index < -0.39 is 0 Å². The Morgan fingerprint density at radius 3 is 3.10 bits per heavy atom. The number of pyridine rings is 1. The molecule has 0 aromatic carbocycles. The molecule has 0 amide bonds. The number of rotatable bonds is 2. The highest BCUT2D eigenvalue weighted by atomic mass is 19.1. The molecule has 3 nitrogen and oxygen atoms in total. The average molecular weight is 142 g/mol. The first kappa shape index (κ1) is 7.11. The highest BCUT2D eigenvalue weighted by Crippen LogP contribution is 1.97. The largest absolute Gasteiger partial charge is 0.316 e. The average Bonchev–Trinajstić information content (AvgIpc) is 1.88. The number of nitrogens with one attached hydrogen (secondary N) is 1. The first-order valence-electron chi connectivity index (χ1n) is 2.80. The summed E-state index contributed by atoms with van der Waals surface area (Å²) < 4.78 is 12.3. The first-order chi connectivity index (χ1) is 4.83. The second-order valence-electron chi connectivity index (χ2n) is 1.80. The molecule has 0 unspecified atom stereocenters. The van der Waals surface area contributed by atoms with Gasteiger partial charge in [-0.15, -0.1) is 0 Å². The Labute approximate surface area is 57.5 Å². The van der Waals surface area contributed by atoms with Gasteiger partial charge in [0, 0.05) is 6.20 Å². The molecule has 0 saturated carbocycles. The van der Waals surface area contributed by atoms with Gasteiger partial charge in [0.2, 0.25) is 0 Å². The lowest BCUT2D eigenvalue weighted by Crippen LogP contribution is -2.07. The van der Waals surface area contributed by atoms with Crippen molar-refractivity contribution in [2.45, 2.75) is 6.54 Å². The van der Waals surface area contributed by atoms with Gasteiger partial charge in [-0.25, -0.2) is 4.39 Å². The van der Waals surface area contributed by atoms with Crippen molar-refractivity contribution in [3.8, 4) is 0 Å². The van der Waals surface area contributed by atoms with Crippen LogP contribution in [0.25, 0.3) is 0 Å². The fraction of sp³-hybridized carbons (Fsp3) is 0.167. The van der Waals surface area contributed by atoms with E-state index in [0.717, 1.165) is 0 Å². The molecule has 4 heteroatoms. The molecular formula is C6H7FN2O. The van der Waals surface area contributed by atoms with Crippen LogP contribution in [-0.2, 0) is 6.54 Å². The Bertz CT molecular complexity index is 217. The van der Waals surface area contributed by atoms with Crippen molar-refractivity contribution in [1.29, 1.82) is 0 Å². The molecule has 54 valence electrons. The van der Waals surface area contributed by atoms with Crippen LogP contribution in [0.15, 0.2) is 18.3 Å². The Balaban J connectivity index is 2.75. The fourth-order valence-electron chi connectivity index (χ4n) is 0.626. The van der Waals surface area contributed by atoms with E-state index in [2.05, 4.69) is 4.98 Å². The molecule has 10 heavy (non-hydrogen) atoms. The van der Waals surface area contributed by atoms with Crippen molar-refractivity contribution in [1.82, 2.24) is 10.5 Å². The van der Waals surface area contributed by atoms with E-state index in [1.54, 1.807) is 0 Å². The highest BCUT2D eigenvalue weighted by Gasteiger charge is 1.93. The maximum Gasteiger partial charge on any atom is 0.126 e. The fourth-order valence-corrected chi connectivity index (χ4v) is 0.626. The molecule has 0 spiro atoms. The number of nitrogens with zero attached hydrogens (tertiary/aromatic N) is 1. The summed E-state index contributed by atoms with van der Waals surface area (Å²) in [5.41, 5.74) is 2.36. The summed E-state index contributed by atoms with van der Waals surface area (Å²) in [7, 11) is 0. The van der Waals surface area contributed by atoms with E-state index in [1.165, 1.54) is 18.3 Å². The number of halogens is 1. The summed E-state index contributed by atoms with van der Waals surface area (Å²) in [5, 5.41) is 8.20. The van der Waals surface area contributed by atoms with E-state index in [0.29, 0.717) is 5.69 Å². The van der Waals surface area contributed by atoms with Crippen LogP contribution in [-0.4, -0.2) is 10.2 Å². The third-order valence-corrected chi connectivity index (χ3v) is 1.04. The molecule has 1 aromatic heterocycles. The van der Waals surface area contributed by atoms with Crippen molar-refractivity contribution in [3.05, 3.63) is 29.8 Å². The standard InChI is InChI=1S/C6H7FN2O/c7-5-1-2-8-6(3-5)4-9-10/h1-3,9-10H,4H2. The third-order valence-electron chi connectivity index (χ3n) is 1.04. The minimum Gasteiger partial charge on any atom is -0.316 e. The summed E-state index contributed by atoms with van der Waals surface area (Å²) in [6, 6.07) is 2.50. The Morgan fingerprint density at radius 2 is 2.50 bits per heavy atom. The van der Waals surface area contributed by atoms with Gasteiger partial charge in [0.05, 0.1) is 12.2 Å². The zero-order valence-electron chi connectivity index (χ0n) is 5.21. The van der Waals surface area contributed by atoms with E-state index in [4.69, 9.17) is 5.21 Å². The van der Waals surface area contributed by atoms with Crippen molar-refractivity contribution < 1.29 is 9.60 Å². The van der Waals surface area contributed by atoms with Crippen LogP contribution >= 0.6 is 0 Å². The first-order valence-corrected chi connectivity index (χ1v) is 2.80. The Kier molecular flexibility index (Phi) is 2.30. The van der Waals surface area contributed by atoms with Crippen LogP contribution in [0.3, 0.4) is 0 Å². The maximum absolute atomic E-state index is 12.3. The van der Waals surface area contributed by atoms with Crippen LogP contribution < -0.4 is 5.48 Å².